The summed E-state index contributed by atoms with van der Waals surface area (Å²) in [7, 11) is 0. The van der Waals surface area contributed by atoms with Gasteiger partial charge in [0.1, 0.15) is 0 Å². The lowest BCUT2D eigenvalue weighted by atomic mass is 9.95. The lowest BCUT2D eigenvalue weighted by Crippen LogP contribution is -2.49. The Kier molecular flexibility index (Phi) is 5.09. The third kappa shape index (κ3) is 4.20. The van der Waals surface area contributed by atoms with Crippen molar-refractivity contribution in [1.82, 2.24) is 10.6 Å². The highest BCUT2D eigenvalue weighted by molar-refractivity contribution is 5.82. The Hall–Kier alpha value is -2.13. The fraction of sp³-hybridized carbons (Fsp3) is 0.350. The summed E-state index contributed by atoms with van der Waals surface area (Å²) in [5, 5.41) is 6.49. The molecule has 1 aliphatic rings. The minimum absolute atomic E-state index is 0.111. The predicted octanol–water partition coefficient (Wildman–Crippen LogP) is 2.84. The fourth-order valence-corrected chi connectivity index (χ4v) is 3.08. The van der Waals surface area contributed by atoms with E-state index in [1.807, 2.05) is 18.2 Å². The average molecular weight is 308 g/mol. The molecule has 1 amide bonds. The van der Waals surface area contributed by atoms with Crippen molar-refractivity contribution in [3.8, 4) is 0 Å². The summed E-state index contributed by atoms with van der Waals surface area (Å²) in [5.74, 6) is 0.111. The van der Waals surface area contributed by atoms with Crippen LogP contribution in [0, 0.1) is 0 Å². The predicted molar refractivity (Wildman–Crippen MR) is 93.1 cm³/mol. The molecule has 0 radical (unpaired) electrons. The van der Waals surface area contributed by atoms with E-state index in [1.54, 1.807) is 0 Å². The number of hydrogen-bond donors (Lipinski definition) is 2. The molecule has 2 aromatic rings. The molecule has 0 fully saturated rings. The third-order valence-electron chi connectivity index (χ3n) is 4.50. The first-order valence-electron chi connectivity index (χ1n) is 8.37. The van der Waals surface area contributed by atoms with Gasteiger partial charge in [0.15, 0.2) is 0 Å². The van der Waals surface area contributed by atoms with Gasteiger partial charge in [-0.15, -0.1) is 0 Å². The minimum Gasteiger partial charge on any atom is -0.352 e. The second-order valence-corrected chi connectivity index (χ2v) is 6.34. The molecule has 0 aromatic heterocycles. The van der Waals surface area contributed by atoms with E-state index in [0.717, 1.165) is 25.8 Å². The smallest absolute Gasteiger partial charge is 0.237 e. The van der Waals surface area contributed by atoms with Crippen LogP contribution in [0.2, 0.25) is 0 Å². The fourth-order valence-electron chi connectivity index (χ4n) is 3.08. The molecular weight excluding hydrogens is 284 g/mol. The monoisotopic (exact) mass is 308 g/mol. The first kappa shape index (κ1) is 15.8. The van der Waals surface area contributed by atoms with Crippen LogP contribution < -0.4 is 10.6 Å². The van der Waals surface area contributed by atoms with Gasteiger partial charge < -0.3 is 10.6 Å². The summed E-state index contributed by atoms with van der Waals surface area (Å²) in [5.41, 5.74) is 3.90. The van der Waals surface area contributed by atoms with Crippen LogP contribution in [-0.2, 0) is 24.2 Å². The molecule has 2 atom stereocenters. The van der Waals surface area contributed by atoms with Crippen molar-refractivity contribution in [2.24, 2.45) is 0 Å². The zero-order valence-corrected chi connectivity index (χ0v) is 13.6. The number of benzene rings is 2. The van der Waals surface area contributed by atoms with Crippen LogP contribution in [0.3, 0.4) is 0 Å². The van der Waals surface area contributed by atoms with Crippen LogP contribution in [0.15, 0.2) is 54.6 Å². The maximum Gasteiger partial charge on any atom is 0.237 e. The van der Waals surface area contributed by atoms with Crippen LogP contribution in [0.25, 0.3) is 0 Å². The number of carbonyl (C=O) groups excluding carboxylic acids is 1. The second-order valence-electron chi connectivity index (χ2n) is 6.34. The van der Waals surface area contributed by atoms with Gasteiger partial charge in [-0.05, 0) is 42.9 Å². The Labute approximate surface area is 138 Å². The number of carbonyl (C=O) groups is 1. The Morgan fingerprint density at radius 2 is 1.83 bits per heavy atom. The van der Waals surface area contributed by atoms with Crippen LogP contribution in [0.5, 0.6) is 0 Å². The maximum absolute atomic E-state index is 12.5. The molecule has 3 nitrogen and oxygen atoms in total. The highest BCUT2D eigenvalue weighted by Crippen LogP contribution is 2.16. The van der Waals surface area contributed by atoms with E-state index < -0.39 is 0 Å². The zero-order valence-electron chi connectivity index (χ0n) is 13.6. The van der Waals surface area contributed by atoms with Crippen molar-refractivity contribution in [2.45, 2.75) is 44.8 Å². The summed E-state index contributed by atoms with van der Waals surface area (Å²) in [6.07, 6.45) is 2.72. The molecule has 0 saturated carbocycles. The number of fused-ring (bicyclic) bond motifs is 1. The van der Waals surface area contributed by atoms with E-state index in [-0.39, 0.29) is 18.0 Å². The van der Waals surface area contributed by atoms with Crippen molar-refractivity contribution in [3.63, 3.8) is 0 Å². The largest absolute Gasteiger partial charge is 0.352 e. The molecule has 2 N–H and O–H groups in total. The standard InChI is InChI=1S/C20H24N2O/c1-15(11-12-16-7-3-2-4-8-16)22-20(23)19-13-17-9-5-6-10-18(17)14-21-19/h2-10,15,19,21H,11-14H2,1H3,(H,22,23)/t15-,19+/m0/s1. The van der Waals surface area contributed by atoms with Gasteiger partial charge in [0.05, 0.1) is 6.04 Å². The van der Waals surface area contributed by atoms with Crippen LogP contribution in [-0.4, -0.2) is 18.0 Å². The zero-order chi connectivity index (χ0) is 16.1. The first-order chi connectivity index (χ1) is 11.2. The Bertz CT molecular complexity index is 654. The molecule has 0 bridgehead atoms. The van der Waals surface area contributed by atoms with Crippen LogP contribution >= 0.6 is 0 Å². The molecule has 0 saturated heterocycles. The van der Waals surface area contributed by atoms with Gasteiger partial charge in [-0.2, -0.15) is 0 Å². The number of rotatable bonds is 5. The molecular formula is C20H24N2O. The summed E-state index contributed by atoms with van der Waals surface area (Å²) in [6.45, 7) is 2.85. The molecule has 23 heavy (non-hydrogen) atoms. The first-order valence-corrected chi connectivity index (χ1v) is 8.37. The molecule has 1 aliphatic heterocycles. The van der Waals surface area contributed by atoms with E-state index >= 15 is 0 Å². The van der Waals surface area contributed by atoms with E-state index in [9.17, 15) is 4.79 Å². The van der Waals surface area contributed by atoms with Crippen molar-refractivity contribution < 1.29 is 4.79 Å². The average Bonchev–Trinajstić information content (AvgIpc) is 2.60. The van der Waals surface area contributed by atoms with Gasteiger partial charge in [-0.25, -0.2) is 0 Å². The summed E-state index contributed by atoms with van der Waals surface area (Å²) in [6, 6.07) is 18.8. The molecule has 120 valence electrons. The van der Waals surface area contributed by atoms with E-state index in [4.69, 9.17) is 0 Å². The van der Waals surface area contributed by atoms with Crippen molar-refractivity contribution in [3.05, 3.63) is 71.3 Å². The van der Waals surface area contributed by atoms with Crippen molar-refractivity contribution >= 4 is 5.91 Å². The molecule has 0 aliphatic carbocycles. The second kappa shape index (κ2) is 7.42. The SMILES string of the molecule is C[C@@H](CCc1ccccc1)NC(=O)[C@H]1Cc2ccccc2CN1. The van der Waals surface area contributed by atoms with Crippen molar-refractivity contribution in [1.29, 1.82) is 0 Å². The number of amides is 1. The Morgan fingerprint density at radius 3 is 2.61 bits per heavy atom. The van der Waals surface area contributed by atoms with Gasteiger partial charge in [0.25, 0.3) is 0 Å². The van der Waals surface area contributed by atoms with Gasteiger partial charge >= 0.3 is 0 Å². The van der Waals surface area contributed by atoms with Gasteiger partial charge in [0.2, 0.25) is 5.91 Å². The topological polar surface area (TPSA) is 41.1 Å². The molecule has 3 rings (SSSR count). The third-order valence-corrected chi connectivity index (χ3v) is 4.50. The highest BCUT2D eigenvalue weighted by Gasteiger charge is 2.24. The molecule has 0 spiro atoms. The highest BCUT2D eigenvalue weighted by atomic mass is 16.2. The Balaban J connectivity index is 1.49. The van der Waals surface area contributed by atoms with E-state index in [0.29, 0.717) is 0 Å². The lowest BCUT2D eigenvalue weighted by Gasteiger charge is -2.26. The van der Waals surface area contributed by atoms with Gasteiger partial charge in [-0.1, -0.05) is 54.6 Å². The number of aryl methyl sites for hydroxylation is 1. The summed E-state index contributed by atoms with van der Waals surface area (Å²) >= 11 is 0. The summed E-state index contributed by atoms with van der Waals surface area (Å²) in [4.78, 5) is 12.5. The number of hydrogen-bond acceptors (Lipinski definition) is 2. The lowest BCUT2D eigenvalue weighted by molar-refractivity contribution is -0.124. The Morgan fingerprint density at radius 1 is 1.13 bits per heavy atom. The normalized spacial score (nSPS) is 18.0. The minimum atomic E-state index is -0.121. The molecule has 2 aromatic carbocycles. The maximum atomic E-state index is 12.5. The van der Waals surface area contributed by atoms with Crippen LogP contribution in [0.4, 0.5) is 0 Å². The van der Waals surface area contributed by atoms with Gasteiger partial charge in [-0.3, -0.25) is 4.79 Å². The van der Waals surface area contributed by atoms with Crippen molar-refractivity contribution in [2.75, 3.05) is 0 Å². The molecule has 3 heteroatoms. The quantitative estimate of drug-likeness (QED) is 0.892. The van der Waals surface area contributed by atoms with E-state index in [1.165, 1.54) is 16.7 Å². The molecule has 1 heterocycles. The summed E-state index contributed by atoms with van der Waals surface area (Å²) < 4.78 is 0. The van der Waals surface area contributed by atoms with E-state index in [2.05, 4.69) is 54.0 Å². The number of nitrogens with one attached hydrogen (secondary N) is 2. The van der Waals surface area contributed by atoms with Crippen LogP contribution in [0.1, 0.15) is 30.0 Å². The van der Waals surface area contributed by atoms with Gasteiger partial charge in [0, 0.05) is 12.6 Å². The molecule has 0 unspecified atom stereocenters.